The van der Waals surface area contributed by atoms with Crippen LogP contribution in [0.1, 0.15) is 98.8 Å². The third-order valence-corrected chi connectivity index (χ3v) is 12.2. The molecule has 6 rings (SSSR count). The molecule has 2 saturated heterocycles. The maximum absolute atomic E-state index is 11.5. The molecule has 186 valence electrons. The van der Waals surface area contributed by atoms with E-state index in [0.717, 1.165) is 49.5 Å². The molecule has 0 bridgehead atoms. The van der Waals surface area contributed by atoms with Crippen molar-refractivity contribution in [1.29, 1.82) is 0 Å². The zero-order valence-corrected chi connectivity index (χ0v) is 21.6. The Morgan fingerprint density at radius 3 is 2.42 bits per heavy atom. The maximum Gasteiger partial charge on any atom is 0.302 e. The predicted molar refractivity (Wildman–Crippen MR) is 127 cm³/mol. The number of carbonyl (C=O) groups excluding carboxylic acids is 1. The molecule has 6 aliphatic rings. The Kier molecular flexibility index (Phi) is 5.32. The minimum Gasteiger partial charge on any atom is -0.463 e. The lowest BCUT2D eigenvalue weighted by Gasteiger charge is -2.61. The standard InChI is InChI=1S/C29H46O4/c1-17-8-13-29(31-16-17)18(2)26-25(33-29)15-24-22-7-6-20-14-21(32-19(3)30)9-11-27(20,4)23(22)10-12-28(24,26)5/h17-18,20-26H,6-16H2,1-5H3/t17?,18-,20?,21?,22+,23-,24-,25-,26-,27-,28-,29+/m0/s1. The van der Waals surface area contributed by atoms with E-state index in [1.807, 2.05) is 0 Å². The Balaban J connectivity index is 1.21. The van der Waals surface area contributed by atoms with Gasteiger partial charge in [0.15, 0.2) is 5.79 Å². The molecule has 0 aromatic heterocycles. The van der Waals surface area contributed by atoms with Crippen molar-refractivity contribution in [3.63, 3.8) is 0 Å². The molecule has 4 nitrogen and oxygen atoms in total. The van der Waals surface area contributed by atoms with Crippen LogP contribution in [0.4, 0.5) is 0 Å². The maximum atomic E-state index is 11.5. The second-order valence-electron chi connectivity index (χ2n) is 13.7. The minimum absolute atomic E-state index is 0.105. The van der Waals surface area contributed by atoms with Crippen LogP contribution in [-0.4, -0.2) is 30.6 Å². The molecule has 4 aliphatic carbocycles. The highest BCUT2D eigenvalue weighted by molar-refractivity contribution is 5.66. The molecule has 0 amide bonds. The van der Waals surface area contributed by atoms with Crippen LogP contribution in [0.5, 0.6) is 0 Å². The van der Waals surface area contributed by atoms with Crippen LogP contribution in [0, 0.1) is 52.3 Å². The first-order valence-corrected chi connectivity index (χ1v) is 14.2. The topological polar surface area (TPSA) is 44.8 Å². The molecule has 2 heterocycles. The number of carbonyl (C=O) groups is 1. The van der Waals surface area contributed by atoms with Gasteiger partial charge in [-0.15, -0.1) is 0 Å². The summed E-state index contributed by atoms with van der Waals surface area (Å²) in [6.07, 6.45) is 12.9. The summed E-state index contributed by atoms with van der Waals surface area (Å²) in [7, 11) is 0. The highest BCUT2D eigenvalue weighted by Crippen LogP contribution is 2.71. The molecule has 4 saturated carbocycles. The van der Waals surface area contributed by atoms with Crippen LogP contribution in [-0.2, 0) is 19.0 Å². The van der Waals surface area contributed by atoms with Gasteiger partial charge in [-0.05, 0) is 104 Å². The summed E-state index contributed by atoms with van der Waals surface area (Å²) in [5.74, 6) is 4.63. The first-order valence-electron chi connectivity index (χ1n) is 14.2. The monoisotopic (exact) mass is 458 g/mol. The lowest BCUT2D eigenvalue weighted by molar-refractivity contribution is -0.273. The van der Waals surface area contributed by atoms with E-state index in [1.54, 1.807) is 6.92 Å². The van der Waals surface area contributed by atoms with E-state index in [-0.39, 0.29) is 17.9 Å². The van der Waals surface area contributed by atoms with E-state index in [2.05, 4.69) is 27.7 Å². The highest BCUT2D eigenvalue weighted by atomic mass is 16.7. The molecule has 0 N–H and O–H groups in total. The molecule has 1 spiro atoms. The molecule has 3 unspecified atom stereocenters. The largest absolute Gasteiger partial charge is 0.463 e. The highest BCUT2D eigenvalue weighted by Gasteiger charge is 2.69. The molecule has 0 radical (unpaired) electrons. The van der Waals surface area contributed by atoms with Gasteiger partial charge in [0, 0.05) is 19.3 Å². The molecule has 0 aromatic rings. The Labute approximate surface area is 200 Å². The first kappa shape index (κ1) is 22.8. The second-order valence-corrected chi connectivity index (χ2v) is 13.7. The molecule has 2 aliphatic heterocycles. The van der Waals surface area contributed by atoms with Gasteiger partial charge in [0.25, 0.3) is 0 Å². The Bertz CT molecular complexity index is 786. The Morgan fingerprint density at radius 1 is 0.909 bits per heavy atom. The zero-order valence-electron chi connectivity index (χ0n) is 21.6. The van der Waals surface area contributed by atoms with Gasteiger partial charge in [-0.3, -0.25) is 4.79 Å². The van der Waals surface area contributed by atoms with Crippen molar-refractivity contribution in [2.45, 2.75) is 117 Å². The fourth-order valence-electron chi connectivity index (χ4n) is 10.6. The number of ether oxygens (including phenoxy) is 3. The predicted octanol–water partition coefficient (Wildman–Crippen LogP) is 6.36. The molecule has 6 fully saturated rings. The number of esters is 1. The van der Waals surface area contributed by atoms with E-state index in [9.17, 15) is 4.79 Å². The van der Waals surface area contributed by atoms with Crippen molar-refractivity contribution >= 4 is 5.97 Å². The van der Waals surface area contributed by atoms with Crippen LogP contribution in [0.25, 0.3) is 0 Å². The average Bonchev–Trinajstić information content (AvgIpc) is 3.21. The fraction of sp³-hybridized carbons (Fsp3) is 0.966. The van der Waals surface area contributed by atoms with Gasteiger partial charge < -0.3 is 14.2 Å². The van der Waals surface area contributed by atoms with Crippen molar-refractivity contribution in [3.05, 3.63) is 0 Å². The SMILES string of the molecule is CC(=O)OC1CC[C@@]2(C)C(CC[C@H]3[C@@H]4C[C@@H]5O[C@]6(CCC(C)CO6)[C@@H](C)[C@@H]5[C@@]4(C)CC[C@@H]32)C1. The lowest BCUT2D eigenvalue weighted by atomic mass is 9.44. The zero-order chi connectivity index (χ0) is 23.2. The molecule has 0 aromatic carbocycles. The van der Waals surface area contributed by atoms with E-state index in [4.69, 9.17) is 14.2 Å². The quantitative estimate of drug-likeness (QED) is 0.429. The smallest absolute Gasteiger partial charge is 0.302 e. The van der Waals surface area contributed by atoms with E-state index in [1.165, 1.54) is 44.9 Å². The summed E-state index contributed by atoms with van der Waals surface area (Å²) in [6, 6.07) is 0. The van der Waals surface area contributed by atoms with Crippen molar-refractivity contribution in [3.8, 4) is 0 Å². The van der Waals surface area contributed by atoms with Gasteiger partial charge in [-0.1, -0.05) is 27.7 Å². The molecule has 4 heteroatoms. The van der Waals surface area contributed by atoms with E-state index in [0.29, 0.717) is 34.7 Å². The summed E-state index contributed by atoms with van der Waals surface area (Å²) in [5, 5.41) is 0. The second kappa shape index (κ2) is 7.69. The van der Waals surface area contributed by atoms with E-state index < -0.39 is 0 Å². The third kappa shape index (κ3) is 3.25. The Morgan fingerprint density at radius 2 is 1.70 bits per heavy atom. The summed E-state index contributed by atoms with van der Waals surface area (Å²) < 4.78 is 19.1. The molecule has 12 atom stereocenters. The molecular formula is C29H46O4. The summed E-state index contributed by atoms with van der Waals surface area (Å²) in [5.41, 5.74) is 0.828. The van der Waals surface area contributed by atoms with Gasteiger partial charge in [-0.25, -0.2) is 0 Å². The lowest BCUT2D eigenvalue weighted by Crippen LogP contribution is -2.55. The van der Waals surface area contributed by atoms with Crippen molar-refractivity contribution in [2.75, 3.05) is 6.61 Å². The summed E-state index contributed by atoms with van der Waals surface area (Å²) in [6.45, 7) is 12.4. The minimum atomic E-state index is -0.300. The number of hydrogen-bond acceptors (Lipinski definition) is 4. The van der Waals surface area contributed by atoms with Crippen molar-refractivity contribution in [1.82, 2.24) is 0 Å². The molecular weight excluding hydrogens is 412 g/mol. The van der Waals surface area contributed by atoms with Crippen LogP contribution in [0.3, 0.4) is 0 Å². The van der Waals surface area contributed by atoms with Crippen LogP contribution < -0.4 is 0 Å². The van der Waals surface area contributed by atoms with Crippen LogP contribution >= 0.6 is 0 Å². The van der Waals surface area contributed by atoms with Gasteiger partial charge in [0.1, 0.15) is 6.10 Å². The summed E-state index contributed by atoms with van der Waals surface area (Å²) in [4.78, 5) is 11.5. The van der Waals surface area contributed by atoms with Gasteiger partial charge >= 0.3 is 5.97 Å². The first-order chi connectivity index (χ1) is 15.7. The van der Waals surface area contributed by atoms with E-state index >= 15 is 0 Å². The third-order valence-electron chi connectivity index (χ3n) is 12.2. The number of fused-ring (bicyclic) bond motifs is 7. The van der Waals surface area contributed by atoms with Crippen molar-refractivity contribution in [2.24, 2.45) is 52.3 Å². The average molecular weight is 459 g/mol. The van der Waals surface area contributed by atoms with Gasteiger partial charge in [0.05, 0.1) is 12.7 Å². The van der Waals surface area contributed by atoms with Gasteiger partial charge in [0.2, 0.25) is 0 Å². The summed E-state index contributed by atoms with van der Waals surface area (Å²) >= 11 is 0. The molecule has 33 heavy (non-hydrogen) atoms. The van der Waals surface area contributed by atoms with Crippen molar-refractivity contribution < 1.29 is 19.0 Å². The number of rotatable bonds is 1. The number of hydrogen-bond donors (Lipinski definition) is 0. The fourth-order valence-corrected chi connectivity index (χ4v) is 10.6. The van der Waals surface area contributed by atoms with Crippen LogP contribution in [0.15, 0.2) is 0 Å². The van der Waals surface area contributed by atoms with Gasteiger partial charge in [-0.2, -0.15) is 0 Å². The Hall–Kier alpha value is -0.610. The normalized spacial score (nSPS) is 57.7. The van der Waals surface area contributed by atoms with Crippen LogP contribution in [0.2, 0.25) is 0 Å².